The molecule has 1 amide bonds. The third kappa shape index (κ3) is 4.61. The maximum Gasteiger partial charge on any atom is 0.221 e. The molecule has 0 aromatic rings. The van der Waals surface area contributed by atoms with Gasteiger partial charge in [0.25, 0.3) is 0 Å². The summed E-state index contributed by atoms with van der Waals surface area (Å²) in [5, 5.41) is 5.88. The Morgan fingerprint density at radius 3 is 2.80 bits per heavy atom. The van der Waals surface area contributed by atoms with Gasteiger partial charge in [0, 0.05) is 24.8 Å². The van der Waals surface area contributed by atoms with E-state index in [0.29, 0.717) is 25.9 Å². The average molecular weight is 234 g/mol. The van der Waals surface area contributed by atoms with Crippen molar-refractivity contribution < 1.29 is 13.2 Å². The van der Waals surface area contributed by atoms with Gasteiger partial charge in [-0.15, -0.1) is 0 Å². The number of carbonyl (C=O) groups excluding carboxylic acids is 1. The third-order valence-electron chi connectivity index (χ3n) is 2.48. The third-order valence-corrected chi connectivity index (χ3v) is 4.27. The van der Waals surface area contributed by atoms with Crippen LogP contribution in [0.4, 0.5) is 0 Å². The van der Waals surface area contributed by atoms with Gasteiger partial charge < -0.3 is 10.6 Å². The molecule has 15 heavy (non-hydrogen) atoms. The average Bonchev–Trinajstić information content (AvgIpc) is 2.59. The molecule has 6 heteroatoms. The SMILES string of the molecule is CCS(=O)(=O)CCCNC1CNC(=O)C1. The first-order valence-electron chi connectivity index (χ1n) is 5.24. The van der Waals surface area contributed by atoms with Crippen molar-refractivity contribution in [1.29, 1.82) is 0 Å². The molecule has 5 nitrogen and oxygen atoms in total. The number of rotatable bonds is 6. The highest BCUT2D eigenvalue weighted by Gasteiger charge is 2.20. The molecule has 0 bridgehead atoms. The van der Waals surface area contributed by atoms with Crippen LogP contribution in [-0.2, 0) is 14.6 Å². The second kappa shape index (κ2) is 5.46. The molecule has 1 aliphatic heterocycles. The van der Waals surface area contributed by atoms with Gasteiger partial charge in [-0.3, -0.25) is 4.79 Å². The molecule has 0 aromatic carbocycles. The molecule has 1 rings (SSSR count). The van der Waals surface area contributed by atoms with Gasteiger partial charge in [-0.2, -0.15) is 0 Å². The summed E-state index contributed by atoms with van der Waals surface area (Å²) in [4.78, 5) is 10.8. The molecule has 1 atom stereocenters. The largest absolute Gasteiger partial charge is 0.354 e. The number of hydrogen-bond acceptors (Lipinski definition) is 4. The quantitative estimate of drug-likeness (QED) is 0.595. The van der Waals surface area contributed by atoms with Crippen molar-refractivity contribution in [1.82, 2.24) is 10.6 Å². The fourth-order valence-corrected chi connectivity index (χ4v) is 2.36. The lowest BCUT2D eigenvalue weighted by molar-refractivity contribution is -0.119. The van der Waals surface area contributed by atoms with E-state index in [4.69, 9.17) is 0 Å². The van der Waals surface area contributed by atoms with Gasteiger partial charge in [-0.1, -0.05) is 6.92 Å². The molecule has 0 saturated carbocycles. The van der Waals surface area contributed by atoms with Gasteiger partial charge in [0.05, 0.1) is 5.75 Å². The predicted octanol–water partition coefficient (Wildman–Crippen LogP) is -0.711. The Bertz CT molecular complexity index is 313. The van der Waals surface area contributed by atoms with Gasteiger partial charge in [-0.05, 0) is 13.0 Å². The molecule has 0 aliphatic carbocycles. The Morgan fingerprint density at radius 2 is 2.27 bits per heavy atom. The highest BCUT2D eigenvalue weighted by molar-refractivity contribution is 7.91. The Hall–Kier alpha value is -0.620. The molecule has 2 N–H and O–H groups in total. The molecule has 1 fully saturated rings. The summed E-state index contributed by atoms with van der Waals surface area (Å²) in [5.41, 5.74) is 0. The van der Waals surface area contributed by atoms with Crippen LogP contribution >= 0.6 is 0 Å². The molecule has 0 radical (unpaired) electrons. The standard InChI is InChI=1S/C9H18N2O3S/c1-2-15(13,14)5-3-4-10-8-6-9(12)11-7-8/h8,10H,2-7H2,1H3,(H,11,12). The molecule has 0 spiro atoms. The highest BCUT2D eigenvalue weighted by Crippen LogP contribution is 1.99. The zero-order valence-electron chi connectivity index (χ0n) is 8.95. The first-order valence-corrected chi connectivity index (χ1v) is 7.06. The Kier molecular flexibility index (Phi) is 4.53. The first kappa shape index (κ1) is 12.4. The van der Waals surface area contributed by atoms with Crippen molar-refractivity contribution in [3.05, 3.63) is 0 Å². The Labute approximate surface area is 90.5 Å². The van der Waals surface area contributed by atoms with Gasteiger partial charge in [0.15, 0.2) is 0 Å². The van der Waals surface area contributed by atoms with Gasteiger partial charge in [0.1, 0.15) is 9.84 Å². The lowest BCUT2D eigenvalue weighted by atomic mass is 10.2. The van der Waals surface area contributed by atoms with Crippen LogP contribution in [0.3, 0.4) is 0 Å². The summed E-state index contributed by atoms with van der Waals surface area (Å²) in [7, 11) is -2.85. The van der Waals surface area contributed by atoms with Crippen LogP contribution in [0.5, 0.6) is 0 Å². The summed E-state index contributed by atoms with van der Waals surface area (Å²) in [6.45, 7) is 2.96. The number of carbonyl (C=O) groups is 1. The molecule has 0 aromatic heterocycles. The summed E-state index contributed by atoms with van der Waals surface area (Å²) < 4.78 is 22.3. The first-order chi connectivity index (χ1) is 7.03. The van der Waals surface area contributed by atoms with Gasteiger partial charge in [0.2, 0.25) is 5.91 Å². The van der Waals surface area contributed by atoms with Crippen LogP contribution in [0.2, 0.25) is 0 Å². The van der Waals surface area contributed by atoms with Crippen LogP contribution in [0, 0.1) is 0 Å². The van der Waals surface area contributed by atoms with Crippen LogP contribution in [0.1, 0.15) is 19.8 Å². The van der Waals surface area contributed by atoms with E-state index in [1.165, 1.54) is 0 Å². The van der Waals surface area contributed by atoms with Gasteiger partial charge >= 0.3 is 0 Å². The topological polar surface area (TPSA) is 75.3 Å². The molecular weight excluding hydrogens is 216 g/mol. The molecule has 1 aliphatic rings. The second-order valence-corrected chi connectivity index (χ2v) is 6.22. The lowest BCUT2D eigenvalue weighted by Gasteiger charge is -2.09. The summed E-state index contributed by atoms with van der Waals surface area (Å²) in [5.74, 6) is 0.495. The Morgan fingerprint density at radius 1 is 1.53 bits per heavy atom. The maximum absolute atomic E-state index is 11.2. The van der Waals surface area contributed by atoms with Crippen LogP contribution in [-0.4, -0.2) is 45.0 Å². The van der Waals surface area contributed by atoms with Crippen LogP contribution < -0.4 is 10.6 Å². The monoisotopic (exact) mass is 234 g/mol. The zero-order chi connectivity index (χ0) is 11.3. The normalized spacial score (nSPS) is 21.7. The highest BCUT2D eigenvalue weighted by atomic mass is 32.2. The van der Waals surface area contributed by atoms with Crippen LogP contribution in [0.25, 0.3) is 0 Å². The summed E-state index contributed by atoms with van der Waals surface area (Å²) in [6, 6.07) is 0.168. The van der Waals surface area contributed by atoms with Crippen molar-refractivity contribution in [3.8, 4) is 0 Å². The van der Waals surface area contributed by atoms with E-state index in [9.17, 15) is 13.2 Å². The molecule has 1 saturated heterocycles. The lowest BCUT2D eigenvalue weighted by Crippen LogP contribution is -2.32. The van der Waals surface area contributed by atoms with E-state index in [2.05, 4.69) is 10.6 Å². The number of nitrogens with one attached hydrogen (secondary N) is 2. The number of hydrogen-bond donors (Lipinski definition) is 2. The van der Waals surface area contributed by atoms with E-state index >= 15 is 0 Å². The smallest absolute Gasteiger partial charge is 0.221 e. The fraction of sp³-hybridized carbons (Fsp3) is 0.889. The zero-order valence-corrected chi connectivity index (χ0v) is 9.77. The van der Waals surface area contributed by atoms with E-state index in [-0.39, 0.29) is 23.5 Å². The molecule has 1 heterocycles. The van der Waals surface area contributed by atoms with Crippen molar-refractivity contribution in [3.63, 3.8) is 0 Å². The minimum Gasteiger partial charge on any atom is -0.354 e. The molecular formula is C9H18N2O3S. The van der Waals surface area contributed by atoms with E-state index in [1.54, 1.807) is 6.92 Å². The predicted molar refractivity (Wildman–Crippen MR) is 58.4 cm³/mol. The maximum atomic E-state index is 11.2. The minimum atomic E-state index is -2.85. The summed E-state index contributed by atoms with van der Waals surface area (Å²) >= 11 is 0. The van der Waals surface area contributed by atoms with E-state index in [0.717, 1.165) is 0 Å². The fourth-order valence-electron chi connectivity index (χ4n) is 1.49. The summed E-state index contributed by atoms with van der Waals surface area (Å²) in [6.07, 6.45) is 1.11. The van der Waals surface area contributed by atoms with E-state index in [1.807, 2.05) is 0 Å². The minimum absolute atomic E-state index is 0.0636. The van der Waals surface area contributed by atoms with Crippen molar-refractivity contribution in [2.45, 2.75) is 25.8 Å². The number of amides is 1. The van der Waals surface area contributed by atoms with Crippen molar-refractivity contribution in [2.24, 2.45) is 0 Å². The molecule has 1 unspecified atom stereocenters. The van der Waals surface area contributed by atoms with Crippen LogP contribution in [0.15, 0.2) is 0 Å². The van der Waals surface area contributed by atoms with Gasteiger partial charge in [-0.25, -0.2) is 8.42 Å². The van der Waals surface area contributed by atoms with Crippen molar-refractivity contribution in [2.75, 3.05) is 24.6 Å². The van der Waals surface area contributed by atoms with Crippen molar-refractivity contribution >= 4 is 15.7 Å². The molecule has 88 valence electrons. The van der Waals surface area contributed by atoms with E-state index < -0.39 is 9.84 Å². The second-order valence-electron chi connectivity index (χ2n) is 3.75. The Balaban J connectivity index is 2.10. The number of sulfone groups is 1.